The standard InChI is InChI=1S/C17H16FN3O3/c1-21(2)8-7-11-12(19)15(23)13-16(14(11)22)24-17(20-13)9-3-5-10(18)6-4-9/h3-6H,7-8,19H2,1-2H3. The molecule has 1 aromatic heterocycles. The number of nitrogens with zero attached hydrogens (tertiary/aromatic N) is 2. The van der Waals surface area contributed by atoms with Crippen LogP contribution in [0.2, 0.25) is 0 Å². The van der Waals surface area contributed by atoms with E-state index in [1.165, 1.54) is 24.3 Å². The molecule has 6 nitrogen and oxygen atoms in total. The summed E-state index contributed by atoms with van der Waals surface area (Å²) in [6.07, 6.45) is 0.343. The fourth-order valence-corrected chi connectivity index (χ4v) is 2.45. The van der Waals surface area contributed by atoms with Gasteiger partial charge in [0, 0.05) is 17.7 Å². The number of carbonyl (C=O) groups is 2. The molecule has 0 fully saturated rings. The van der Waals surface area contributed by atoms with Crippen molar-refractivity contribution in [2.45, 2.75) is 6.42 Å². The van der Waals surface area contributed by atoms with Crippen molar-refractivity contribution in [2.75, 3.05) is 20.6 Å². The van der Waals surface area contributed by atoms with Gasteiger partial charge < -0.3 is 15.1 Å². The van der Waals surface area contributed by atoms with Crippen molar-refractivity contribution in [3.05, 3.63) is 52.8 Å². The molecular formula is C17H16FN3O3. The Hall–Kier alpha value is -2.80. The normalized spacial score (nSPS) is 14.5. The molecule has 0 bridgehead atoms. The van der Waals surface area contributed by atoms with Crippen molar-refractivity contribution >= 4 is 11.6 Å². The molecule has 3 rings (SSSR count). The van der Waals surface area contributed by atoms with Gasteiger partial charge in [-0.2, -0.15) is 0 Å². The summed E-state index contributed by atoms with van der Waals surface area (Å²) >= 11 is 0. The fourth-order valence-electron chi connectivity index (χ4n) is 2.45. The van der Waals surface area contributed by atoms with E-state index in [2.05, 4.69) is 4.98 Å². The molecule has 0 saturated heterocycles. The molecule has 1 aliphatic carbocycles. The largest absolute Gasteiger partial charge is 0.432 e. The Kier molecular flexibility index (Phi) is 4.02. The molecular weight excluding hydrogens is 313 g/mol. The van der Waals surface area contributed by atoms with E-state index in [0.29, 0.717) is 18.5 Å². The Bertz CT molecular complexity index is 850. The summed E-state index contributed by atoms with van der Waals surface area (Å²) in [7, 11) is 3.72. The fraction of sp³-hybridized carbons (Fsp3) is 0.235. The third-order valence-electron chi connectivity index (χ3n) is 3.79. The smallest absolute Gasteiger partial charge is 0.231 e. The Morgan fingerprint density at radius 2 is 1.83 bits per heavy atom. The number of Topliss-reactive ketones (excluding diaryl/α,β-unsaturated/α-hetero) is 2. The quantitative estimate of drug-likeness (QED) is 0.923. The number of nitrogens with two attached hydrogens (primary N) is 1. The number of ketones is 2. The molecule has 2 aromatic rings. The highest BCUT2D eigenvalue weighted by atomic mass is 19.1. The molecule has 0 saturated carbocycles. The predicted octanol–water partition coefficient (Wildman–Crippen LogP) is 2.02. The van der Waals surface area contributed by atoms with Crippen molar-refractivity contribution in [3.63, 3.8) is 0 Å². The third-order valence-corrected chi connectivity index (χ3v) is 3.79. The minimum atomic E-state index is -0.518. The lowest BCUT2D eigenvalue weighted by molar-refractivity contribution is 0.0949. The van der Waals surface area contributed by atoms with Gasteiger partial charge in [-0.1, -0.05) is 0 Å². The Morgan fingerprint density at radius 3 is 2.46 bits per heavy atom. The van der Waals surface area contributed by atoms with Gasteiger partial charge in [-0.15, -0.1) is 0 Å². The number of carbonyl (C=O) groups excluding carboxylic acids is 2. The first-order valence-corrected chi connectivity index (χ1v) is 7.38. The van der Waals surface area contributed by atoms with E-state index in [1.807, 2.05) is 19.0 Å². The van der Waals surface area contributed by atoms with Gasteiger partial charge in [0.2, 0.25) is 23.2 Å². The number of hydrogen-bond acceptors (Lipinski definition) is 6. The van der Waals surface area contributed by atoms with Crippen LogP contribution in [0.4, 0.5) is 4.39 Å². The highest BCUT2D eigenvalue weighted by Gasteiger charge is 2.36. The summed E-state index contributed by atoms with van der Waals surface area (Å²) in [6.45, 7) is 0.573. The second-order valence-electron chi connectivity index (χ2n) is 5.81. The second kappa shape index (κ2) is 6.01. The van der Waals surface area contributed by atoms with Gasteiger partial charge >= 0.3 is 0 Å². The molecule has 124 valence electrons. The number of halogens is 1. The summed E-state index contributed by atoms with van der Waals surface area (Å²) < 4.78 is 18.5. The summed E-state index contributed by atoms with van der Waals surface area (Å²) in [6, 6.07) is 5.42. The number of rotatable bonds is 4. The molecule has 2 N–H and O–H groups in total. The highest BCUT2D eigenvalue weighted by molar-refractivity contribution is 6.24. The molecule has 0 unspecified atom stereocenters. The van der Waals surface area contributed by atoms with Crippen LogP contribution in [0.15, 0.2) is 40.0 Å². The lowest BCUT2D eigenvalue weighted by Crippen LogP contribution is -2.28. The number of hydrogen-bond donors (Lipinski definition) is 1. The zero-order chi connectivity index (χ0) is 17.4. The number of aromatic nitrogens is 1. The molecule has 0 radical (unpaired) electrons. The number of allylic oxidation sites excluding steroid dienone is 1. The van der Waals surface area contributed by atoms with Crippen LogP contribution in [0.3, 0.4) is 0 Å². The molecule has 0 spiro atoms. The zero-order valence-electron chi connectivity index (χ0n) is 13.3. The SMILES string of the molecule is CN(C)CCC1=C(N)C(=O)c2nc(-c3ccc(F)cc3)oc2C1=O. The van der Waals surface area contributed by atoms with Crippen LogP contribution in [0.25, 0.3) is 11.5 Å². The molecule has 0 atom stereocenters. The van der Waals surface area contributed by atoms with Crippen molar-refractivity contribution in [1.82, 2.24) is 9.88 Å². The molecule has 1 aliphatic rings. The maximum atomic E-state index is 13.0. The van der Waals surface area contributed by atoms with Gasteiger partial charge in [0.05, 0.1) is 5.70 Å². The van der Waals surface area contributed by atoms with Crippen LogP contribution in [-0.2, 0) is 0 Å². The number of oxazole rings is 1. The molecule has 0 aliphatic heterocycles. The topological polar surface area (TPSA) is 89.4 Å². The predicted molar refractivity (Wildman–Crippen MR) is 84.9 cm³/mol. The molecule has 7 heteroatoms. The summed E-state index contributed by atoms with van der Waals surface area (Å²) in [5.74, 6) is -1.37. The maximum absolute atomic E-state index is 13.0. The van der Waals surface area contributed by atoms with E-state index in [-0.39, 0.29) is 28.6 Å². The van der Waals surface area contributed by atoms with Crippen molar-refractivity contribution in [2.24, 2.45) is 5.73 Å². The monoisotopic (exact) mass is 329 g/mol. The van der Waals surface area contributed by atoms with Crippen molar-refractivity contribution in [1.29, 1.82) is 0 Å². The van der Waals surface area contributed by atoms with Gasteiger partial charge in [0.1, 0.15) is 5.82 Å². The van der Waals surface area contributed by atoms with Crippen molar-refractivity contribution in [3.8, 4) is 11.5 Å². The Balaban J connectivity index is 1.99. The average molecular weight is 329 g/mol. The van der Waals surface area contributed by atoms with E-state index in [1.54, 1.807) is 0 Å². The first-order chi connectivity index (χ1) is 11.4. The number of benzene rings is 1. The van der Waals surface area contributed by atoms with Crippen LogP contribution in [0.1, 0.15) is 27.5 Å². The van der Waals surface area contributed by atoms with Crippen LogP contribution in [0.5, 0.6) is 0 Å². The highest BCUT2D eigenvalue weighted by Crippen LogP contribution is 2.30. The minimum Gasteiger partial charge on any atom is -0.432 e. The van der Waals surface area contributed by atoms with Crippen LogP contribution < -0.4 is 5.73 Å². The van der Waals surface area contributed by atoms with Gasteiger partial charge in [0.25, 0.3) is 0 Å². The third kappa shape index (κ3) is 2.74. The summed E-state index contributed by atoms with van der Waals surface area (Å²) in [5, 5.41) is 0. The van der Waals surface area contributed by atoms with Gasteiger partial charge in [0.15, 0.2) is 5.69 Å². The van der Waals surface area contributed by atoms with Crippen LogP contribution in [0, 0.1) is 5.82 Å². The molecule has 24 heavy (non-hydrogen) atoms. The van der Waals surface area contributed by atoms with E-state index < -0.39 is 17.4 Å². The van der Waals surface area contributed by atoms with Crippen molar-refractivity contribution < 1.29 is 18.4 Å². The lowest BCUT2D eigenvalue weighted by atomic mass is 9.93. The average Bonchev–Trinajstić information content (AvgIpc) is 2.99. The molecule has 1 heterocycles. The van der Waals surface area contributed by atoms with Crippen LogP contribution >= 0.6 is 0 Å². The van der Waals surface area contributed by atoms with Gasteiger partial charge in [-0.05, 0) is 44.8 Å². The summed E-state index contributed by atoms with van der Waals surface area (Å²) in [5.41, 5.74) is 6.37. The second-order valence-corrected chi connectivity index (χ2v) is 5.81. The van der Waals surface area contributed by atoms with E-state index >= 15 is 0 Å². The first-order valence-electron chi connectivity index (χ1n) is 7.38. The van der Waals surface area contributed by atoms with Gasteiger partial charge in [-0.25, -0.2) is 9.37 Å². The van der Waals surface area contributed by atoms with Crippen LogP contribution in [-0.4, -0.2) is 42.1 Å². The molecule has 0 amide bonds. The van der Waals surface area contributed by atoms with E-state index in [0.717, 1.165) is 0 Å². The zero-order valence-corrected chi connectivity index (χ0v) is 13.3. The minimum absolute atomic E-state index is 0.0864. The Morgan fingerprint density at radius 1 is 1.17 bits per heavy atom. The van der Waals surface area contributed by atoms with E-state index in [4.69, 9.17) is 10.2 Å². The van der Waals surface area contributed by atoms with E-state index in [9.17, 15) is 14.0 Å². The summed E-state index contributed by atoms with van der Waals surface area (Å²) in [4.78, 5) is 30.9. The number of fused-ring (bicyclic) bond motifs is 1. The molecule has 1 aromatic carbocycles. The maximum Gasteiger partial charge on any atom is 0.231 e. The Labute approximate surface area is 137 Å². The first kappa shape index (κ1) is 16.1. The lowest BCUT2D eigenvalue weighted by Gasteiger charge is -2.16. The van der Waals surface area contributed by atoms with Gasteiger partial charge in [-0.3, -0.25) is 9.59 Å².